The van der Waals surface area contributed by atoms with Gasteiger partial charge in [0.1, 0.15) is 5.75 Å². The summed E-state index contributed by atoms with van der Waals surface area (Å²) in [7, 11) is 1.66. The zero-order chi connectivity index (χ0) is 17.0. The lowest BCUT2D eigenvalue weighted by Gasteiger charge is -2.42. The third kappa shape index (κ3) is 4.29. The molecule has 0 radical (unpaired) electrons. The number of aryl methyl sites for hydroxylation is 1. The highest BCUT2D eigenvalue weighted by molar-refractivity contribution is 5.76. The third-order valence-electron chi connectivity index (χ3n) is 5.53. The van der Waals surface area contributed by atoms with Crippen molar-refractivity contribution >= 4 is 5.91 Å². The Bertz CT molecular complexity index is 570. The van der Waals surface area contributed by atoms with E-state index in [1.807, 2.05) is 29.2 Å². The highest BCUT2D eigenvalue weighted by atomic mass is 16.5. The van der Waals surface area contributed by atoms with E-state index in [-0.39, 0.29) is 17.9 Å². The number of likely N-dealkylation sites (tertiary alicyclic amines) is 1. The van der Waals surface area contributed by atoms with E-state index in [1.54, 1.807) is 7.11 Å². The molecule has 1 amide bonds. The number of aliphatic hydroxyl groups excluding tert-OH is 1. The number of piperidine rings is 1. The van der Waals surface area contributed by atoms with Gasteiger partial charge in [0.2, 0.25) is 5.91 Å². The van der Waals surface area contributed by atoms with Crippen LogP contribution >= 0.6 is 0 Å². The smallest absolute Gasteiger partial charge is 0.222 e. The molecule has 1 saturated carbocycles. The summed E-state index contributed by atoms with van der Waals surface area (Å²) in [5, 5.41) is 9.93. The SMILES string of the molecule is COc1cccc(CCC(=O)N2CCC[C@@](CO)(CC3CC3)C2)c1. The summed E-state index contributed by atoms with van der Waals surface area (Å²) in [6.45, 7) is 1.78. The van der Waals surface area contributed by atoms with E-state index in [4.69, 9.17) is 4.74 Å². The molecule has 0 aromatic heterocycles. The van der Waals surface area contributed by atoms with E-state index in [9.17, 15) is 9.90 Å². The third-order valence-corrected chi connectivity index (χ3v) is 5.53. The molecule has 1 aromatic rings. The van der Waals surface area contributed by atoms with Crippen molar-refractivity contribution in [1.82, 2.24) is 4.90 Å². The molecular formula is C20H29NO3. The number of hydrogen-bond acceptors (Lipinski definition) is 3. The molecule has 1 saturated heterocycles. The first-order chi connectivity index (χ1) is 11.6. The molecule has 4 heteroatoms. The lowest BCUT2D eigenvalue weighted by atomic mass is 9.76. The monoisotopic (exact) mass is 331 g/mol. The number of methoxy groups -OCH3 is 1. The first-order valence-electron chi connectivity index (χ1n) is 9.16. The van der Waals surface area contributed by atoms with E-state index in [2.05, 4.69) is 0 Å². The maximum Gasteiger partial charge on any atom is 0.222 e. The van der Waals surface area contributed by atoms with Gasteiger partial charge in [-0.15, -0.1) is 0 Å². The molecular weight excluding hydrogens is 302 g/mol. The Morgan fingerprint density at radius 2 is 2.25 bits per heavy atom. The van der Waals surface area contributed by atoms with Crippen molar-refractivity contribution in [3.63, 3.8) is 0 Å². The van der Waals surface area contributed by atoms with Crippen LogP contribution in [0.25, 0.3) is 0 Å². The zero-order valence-electron chi connectivity index (χ0n) is 14.7. The van der Waals surface area contributed by atoms with Gasteiger partial charge >= 0.3 is 0 Å². The molecule has 132 valence electrons. The molecule has 1 atom stereocenters. The van der Waals surface area contributed by atoms with Gasteiger partial charge in [0, 0.05) is 24.9 Å². The standard InChI is InChI=1S/C20H29NO3/c1-24-18-5-2-4-16(12-18)8-9-19(23)21-11-3-10-20(14-21,15-22)13-17-6-7-17/h2,4-5,12,17,22H,3,6-11,13-15H2,1H3/t20-/m1/s1. The summed E-state index contributed by atoms with van der Waals surface area (Å²) in [6, 6.07) is 7.92. The summed E-state index contributed by atoms with van der Waals surface area (Å²) in [6.07, 6.45) is 7.01. The van der Waals surface area contributed by atoms with Crippen LogP contribution in [0.2, 0.25) is 0 Å². The van der Waals surface area contributed by atoms with Crippen LogP contribution in [0.1, 0.15) is 44.1 Å². The molecule has 0 spiro atoms. The number of aliphatic hydroxyl groups is 1. The highest BCUT2D eigenvalue weighted by Gasteiger charge is 2.40. The Kier molecular flexibility index (Phi) is 5.44. The normalized spacial score (nSPS) is 24.0. The van der Waals surface area contributed by atoms with Crippen molar-refractivity contribution in [3.8, 4) is 5.75 Å². The molecule has 0 unspecified atom stereocenters. The topological polar surface area (TPSA) is 49.8 Å². The maximum atomic E-state index is 12.6. The number of benzene rings is 1. The van der Waals surface area contributed by atoms with Gasteiger partial charge in [0.05, 0.1) is 13.7 Å². The lowest BCUT2D eigenvalue weighted by Crippen LogP contribution is -2.48. The number of amides is 1. The van der Waals surface area contributed by atoms with Crippen molar-refractivity contribution in [3.05, 3.63) is 29.8 Å². The van der Waals surface area contributed by atoms with Crippen LogP contribution < -0.4 is 4.74 Å². The quantitative estimate of drug-likeness (QED) is 0.835. The minimum absolute atomic E-state index is 0.0506. The number of carbonyl (C=O) groups is 1. The average molecular weight is 331 g/mol. The molecule has 1 N–H and O–H groups in total. The summed E-state index contributed by atoms with van der Waals surface area (Å²) in [5.41, 5.74) is 1.08. The highest BCUT2D eigenvalue weighted by Crippen LogP contribution is 2.44. The van der Waals surface area contributed by atoms with Crippen molar-refractivity contribution in [2.45, 2.75) is 44.9 Å². The van der Waals surface area contributed by atoms with Crippen molar-refractivity contribution in [2.24, 2.45) is 11.3 Å². The van der Waals surface area contributed by atoms with Crippen molar-refractivity contribution < 1.29 is 14.6 Å². The van der Waals surface area contributed by atoms with Crippen molar-refractivity contribution in [2.75, 3.05) is 26.8 Å². The predicted octanol–water partition coefficient (Wildman–Crippen LogP) is 3.03. The van der Waals surface area contributed by atoms with Gasteiger partial charge < -0.3 is 14.7 Å². The maximum absolute atomic E-state index is 12.6. The Labute approximate surface area is 144 Å². The molecule has 1 heterocycles. The van der Waals surface area contributed by atoms with Gasteiger partial charge in [-0.05, 0) is 49.3 Å². The van der Waals surface area contributed by atoms with Gasteiger partial charge in [-0.1, -0.05) is 25.0 Å². The second kappa shape index (κ2) is 7.56. The Morgan fingerprint density at radius 1 is 1.42 bits per heavy atom. The van der Waals surface area contributed by atoms with E-state index >= 15 is 0 Å². The molecule has 4 nitrogen and oxygen atoms in total. The molecule has 2 fully saturated rings. The van der Waals surface area contributed by atoms with Crippen molar-refractivity contribution in [1.29, 1.82) is 0 Å². The van der Waals surface area contributed by atoms with Gasteiger partial charge in [-0.2, -0.15) is 0 Å². The van der Waals surface area contributed by atoms with Crippen LogP contribution in [0.5, 0.6) is 5.75 Å². The minimum Gasteiger partial charge on any atom is -0.497 e. The van der Waals surface area contributed by atoms with E-state index in [0.717, 1.165) is 56.0 Å². The summed E-state index contributed by atoms with van der Waals surface area (Å²) in [5.74, 6) is 1.83. The van der Waals surface area contributed by atoms with Gasteiger partial charge in [0.25, 0.3) is 0 Å². The van der Waals surface area contributed by atoms with E-state index in [0.29, 0.717) is 6.42 Å². The predicted molar refractivity (Wildman–Crippen MR) is 94.0 cm³/mol. The summed E-state index contributed by atoms with van der Waals surface area (Å²) >= 11 is 0. The Balaban J connectivity index is 1.55. The fourth-order valence-electron chi connectivity index (χ4n) is 3.95. The first kappa shape index (κ1) is 17.3. The first-order valence-corrected chi connectivity index (χ1v) is 9.16. The van der Waals surface area contributed by atoms with Gasteiger partial charge in [0.15, 0.2) is 0 Å². The second-order valence-electron chi connectivity index (χ2n) is 7.58. The second-order valence-corrected chi connectivity index (χ2v) is 7.58. The lowest BCUT2D eigenvalue weighted by molar-refractivity contribution is -0.135. The number of carbonyl (C=O) groups excluding carboxylic acids is 1. The average Bonchev–Trinajstić information content (AvgIpc) is 3.43. The molecule has 0 bridgehead atoms. The fourth-order valence-corrected chi connectivity index (χ4v) is 3.95. The summed E-state index contributed by atoms with van der Waals surface area (Å²) < 4.78 is 5.24. The molecule has 3 rings (SSSR count). The van der Waals surface area contributed by atoms with Gasteiger partial charge in [-0.25, -0.2) is 0 Å². The van der Waals surface area contributed by atoms with Crippen LogP contribution in [-0.4, -0.2) is 42.7 Å². The largest absolute Gasteiger partial charge is 0.497 e. The molecule has 2 aliphatic rings. The minimum atomic E-state index is -0.0506. The van der Waals surface area contributed by atoms with Crippen LogP contribution in [0.4, 0.5) is 0 Å². The van der Waals surface area contributed by atoms with Crippen LogP contribution in [-0.2, 0) is 11.2 Å². The molecule has 24 heavy (non-hydrogen) atoms. The summed E-state index contributed by atoms with van der Waals surface area (Å²) in [4.78, 5) is 14.6. The van der Waals surface area contributed by atoms with E-state index < -0.39 is 0 Å². The van der Waals surface area contributed by atoms with E-state index in [1.165, 1.54) is 12.8 Å². The number of ether oxygens (including phenoxy) is 1. The number of nitrogens with zero attached hydrogens (tertiary/aromatic N) is 1. The van der Waals surface area contributed by atoms with Crippen LogP contribution in [0, 0.1) is 11.3 Å². The molecule has 1 aromatic carbocycles. The number of rotatable bonds is 7. The fraction of sp³-hybridized carbons (Fsp3) is 0.650. The van der Waals surface area contributed by atoms with Crippen LogP contribution in [0.15, 0.2) is 24.3 Å². The zero-order valence-corrected chi connectivity index (χ0v) is 14.7. The number of hydrogen-bond donors (Lipinski definition) is 1. The molecule has 1 aliphatic heterocycles. The Morgan fingerprint density at radius 3 is 2.96 bits per heavy atom. The van der Waals surface area contributed by atoms with Gasteiger partial charge in [-0.3, -0.25) is 4.79 Å². The molecule has 1 aliphatic carbocycles. The Hall–Kier alpha value is -1.55. The van der Waals surface area contributed by atoms with Crippen LogP contribution in [0.3, 0.4) is 0 Å².